The fraction of sp³-hybridized carbons (Fsp3) is 0.357. The highest BCUT2D eigenvalue weighted by Crippen LogP contribution is 2.25. The molecule has 0 fully saturated rings. The van der Waals surface area contributed by atoms with Gasteiger partial charge in [0, 0.05) is 16.9 Å². The average molecular weight is 279 g/mol. The topological polar surface area (TPSA) is 50.9 Å². The summed E-state index contributed by atoms with van der Waals surface area (Å²) in [5.74, 6) is 5.38. The van der Waals surface area contributed by atoms with Gasteiger partial charge in [-0.3, -0.25) is 11.3 Å². The number of halogens is 1. The van der Waals surface area contributed by atoms with E-state index in [1.54, 1.807) is 30.4 Å². The van der Waals surface area contributed by atoms with Gasteiger partial charge in [-0.05, 0) is 26.3 Å². The van der Waals surface area contributed by atoms with Gasteiger partial charge in [-0.1, -0.05) is 18.2 Å². The zero-order chi connectivity index (χ0) is 14.0. The Morgan fingerprint density at radius 3 is 2.68 bits per heavy atom. The summed E-state index contributed by atoms with van der Waals surface area (Å²) in [6.45, 7) is 5.77. The molecule has 1 unspecified atom stereocenters. The minimum absolute atomic E-state index is 0.199. The molecule has 0 aliphatic carbocycles. The first-order valence-corrected chi connectivity index (χ1v) is 6.98. The van der Waals surface area contributed by atoms with E-state index in [0.29, 0.717) is 17.5 Å². The van der Waals surface area contributed by atoms with Gasteiger partial charge in [-0.15, -0.1) is 11.3 Å². The number of nitrogens with two attached hydrogens (primary N) is 1. The van der Waals surface area contributed by atoms with Crippen LogP contribution in [0.5, 0.6) is 0 Å². The van der Waals surface area contributed by atoms with Crippen LogP contribution < -0.4 is 11.3 Å². The lowest BCUT2D eigenvalue weighted by Gasteiger charge is -2.16. The predicted octanol–water partition coefficient (Wildman–Crippen LogP) is 2.95. The van der Waals surface area contributed by atoms with Crippen LogP contribution in [0.25, 0.3) is 0 Å². The van der Waals surface area contributed by atoms with Gasteiger partial charge in [0.25, 0.3) is 0 Å². The summed E-state index contributed by atoms with van der Waals surface area (Å²) in [4.78, 5) is 5.67. The monoisotopic (exact) mass is 279 g/mol. The summed E-state index contributed by atoms with van der Waals surface area (Å²) < 4.78 is 14.1. The van der Waals surface area contributed by atoms with E-state index in [9.17, 15) is 4.39 Å². The van der Waals surface area contributed by atoms with Crippen molar-refractivity contribution in [3.8, 4) is 0 Å². The molecule has 1 heterocycles. The minimum atomic E-state index is -0.259. The molecular formula is C14H18FN3S. The molecule has 0 saturated carbocycles. The van der Waals surface area contributed by atoms with E-state index in [-0.39, 0.29) is 11.9 Å². The third-order valence-electron chi connectivity index (χ3n) is 3.25. The third-order valence-corrected chi connectivity index (χ3v) is 4.35. The van der Waals surface area contributed by atoms with Crippen molar-refractivity contribution in [2.45, 2.75) is 33.2 Å². The predicted molar refractivity (Wildman–Crippen MR) is 76.5 cm³/mol. The molecule has 5 heteroatoms. The SMILES string of the molecule is Cc1cccc(C(Cc2nc(C)c(C)s2)NN)c1F. The maximum absolute atomic E-state index is 14.1. The third kappa shape index (κ3) is 3.00. The second-order valence-corrected chi connectivity index (χ2v) is 5.94. The van der Waals surface area contributed by atoms with E-state index in [4.69, 9.17) is 5.84 Å². The molecule has 0 radical (unpaired) electrons. The van der Waals surface area contributed by atoms with Crippen LogP contribution >= 0.6 is 11.3 Å². The van der Waals surface area contributed by atoms with E-state index >= 15 is 0 Å². The molecule has 3 nitrogen and oxygen atoms in total. The largest absolute Gasteiger partial charge is 0.271 e. The van der Waals surface area contributed by atoms with Crippen LogP contribution in [-0.4, -0.2) is 4.98 Å². The van der Waals surface area contributed by atoms with Crippen molar-refractivity contribution < 1.29 is 4.39 Å². The molecule has 0 saturated heterocycles. The summed E-state index contributed by atoms with van der Waals surface area (Å²) in [5.41, 5.74) is 4.94. The summed E-state index contributed by atoms with van der Waals surface area (Å²) in [7, 11) is 0. The molecule has 1 aromatic heterocycles. The van der Waals surface area contributed by atoms with Gasteiger partial charge < -0.3 is 0 Å². The quantitative estimate of drug-likeness (QED) is 0.668. The molecule has 0 aliphatic heterocycles. The van der Waals surface area contributed by atoms with E-state index in [1.807, 2.05) is 19.9 Å². The summed E-state index contributed by atoms with van der Waals surface area (Å²) in [5, 5.41) is 0.971. The van der Waals surface area contributed by atoms with Crippen LogP contribution in [0.15, 0.2) is 18.2 Å². The molecule has 102 valence electrons. The smallest absolute Gasteiger partial charge is 0.130 e. The second-order valence-electron chi connectivity index (χ2n) is 4.65. The van der Waals surface area contributed by atoms with Crippen LogP contribution in [0, 0.1) is 26.6 Å². The Balaban J connectivity index is 2.27. The van der Waals surface area contributed by atoms with Crippen LogP contribution in [0.1, 0.15) is 32.7 Å². The maximum atomic E-state index is 14.1. The Hall–Kier alpha value is -1.30. The van der Waals surface area contributed by atoms with Crippen molar-refractivity contribution in [3.63, 3.8) is 0 Å². The minimum Gasteiger partial charge on any atom is -0.271 e. The normalized spacial score (nSPS) is 12.7. The summed E-state index contributed by atoms with van der Waals surface area (Å²) >= 11 is 1.63. The van der Waals surface area contributed by atoms with Crippen molar-refractivity contribution in [3.05, 3.63) is 50.7 Å². The van der Waals surface area contributed by atoms with Gasteiger partial charge >= 0.3 is 0 Å². The fourth-order valence-corrected chi connectivity index (χ4v) is 2.98. The number of aromatic nitrogens is 1. The first-order valence-electron chi connectivity index (χ1n) is 6.17. The lowest BCUT2D eigenvalue weighted by Crippen LogP contribution is -2.30. The zero-order valence-electron chi connectivity index (χ0n) is 11.3. The van der Waals surface area contributed by atoms with E-state index in [1.165, 1.54) is 4.88 Å². The number of hydrazine groups is 1. The van der Waals surface area contributed by atoms with Gasteiger partial charge in [-0.2, -0.15) is 0 Å². The maximum Gasteiger partial charge on any atom is 0.130 e. The molecule has 1 atom stereocenters. The van der Waals surface area contributed by atoms with Crippen molar-refractivity contribution in [2.24, 2.45) is 5.84 Å². The van der Waals surface area contributed by atoms with Crippen LogP contribution in [0.3, 0.4) is 0 Å². The van der Waals surface area contributed by atoms with Crippen molar-refractivity contribution in [1.82, 2.24) is 10.4 Å². The zero-order valence-corrected chi connectivity index (χ0v) is 12.1. The number of hydrogen-bond donors (Lipinski definition) is 2. The van der Waals surface area contributed by atoms with E-state index in [0.717, 1.165) is 10.7 Å². The molecule has 3 N–H and O–H groups in total. The lowest BCUT2D eigenvalue weighted by atomic mass is 10.0. The van der Waals surface area contributed by atoms with Crippen LogP contribution in [0.2, 0.25) is 0 Å². The first-order chi connectivity index (χ1) is 9.02. The number of thiazole rings is 1. The van der Waals surface area contributed by atoms with E-state index < -0.39 is 0 Å². The fourth-order valence-electron chi connectivity index (χ4n) is 2.00. The Labute approximate surface area is 116 Å². The van der Waals surface area contributed by atoms with E-state index in [2.05, 4.69) is 10.4 Å². The standard InChI is InChI=1S/C14H18FN3S/c1-8-5-4-6-11(14(8)15)12(18-16)7-13-17-9(2)10(3)19-13/h4-6,12,18H,7,16H2,1-3H3. The Bertz CT molecular complexity index is 561. The number of hydrogen-bond acceptors (Lipinski definition) is 4. The highest BCUT2D eigenvalue weighted by molar-refractivity contribution is 7.11. The lowest BCUT2D eigenvalue weighted by molar-refractivity contribution is 0.506. The van der Waals surface area contributed by atoms with Gasteiger partial charge in [0.15, 0.2) is 0 Å². The number of benzene rings is 1. The van der Waals surface area contributed by atoms with Crippen molar-refractivity contribution in [1.29, 1.82) is 0 Å². The Morgan fingerprint density at radius 2 is 2.11 bits per heavy atom. The molecule has 1 aromatic carbocycles. The van der Waals surface area contributed by atoms with Gasteiger partial charge in [0.2, 0.25) is 0 Å². The molecule has 0 aliphatic rings. The average Bonchev–Trinajstić information content (AvgIpc) is 2.69. The molecule has 0 spiro atoms. The second kappa shape index (κ2) is 5.77. The Kier molecular flexibility index (Phi) is 4.29. The molecule has 0 bridgehead atoms. The number of nitrogens with one attached hydrogen (secondary N) is 1. The molecule has 0 amide bonds. The van der Waals surface area contributed by atoms with Crippen molar-refractivity contribution in [2.75, 3.05) is 0 Å². The van der Waals surface area contributed by atoms with Gasteiger partial charge in [0.1, 0.15) is 5.82 Å². The number of rotatable bonds is 4. The summed E-state index contributed by atoms with van der Waals surface area (Å²) in [6, 6.07) is 5.10. The van der Waals surface area contributed by atoms with Gasteiger partial charge in [-0.25, -0.2) is 9.37 Å². The molecule has 2 rings (SSSR count). The highest BCUT2D eigenvalue weighted by atomic mass is 32.1. The molecule has 2 aromatic rings. The summed E-state index contributed by atoms with van der Waals surface area (Å²) in [6.07, 6.45) is 0.593. The number of aryl methyl sites for hydroxylation is 3. The molecular weight excluding hydrogens is 261 g/mol. The van der Waals surface area contributed by atoms with Crippen LogP contribution in [0.4, 0.5) is 4.39 Å². The highest BCUT2D eigenvalue weighted by Gasteiger charge is 2.18. The molecule has 19 heavy (non-hydrogen) atoms. The van der Waals surface area contributed by atoms with Gasteiger partial charge in [0.05, 0.1) is 16.7 Å². The Morgan fingerprint density at radius 1 is 1.37 bits per heavy atom. The van der Waals surface area contributed by atoms with Crippen molar-refractivity contribution >= 4 is 11.3 Å². The first kappa shape index (κ1) is 14.1. The number of nitrogens with zero attached hydrogens (tertiary/aromatic N) is 1. The van der Waals surface area contributed by atoms with Crippen LogP contribution in [-0.2, 0) is 6.42 Å².